The highest BCUT2D eigenvalue weighted by Crippen LogP contribution is 2.38. The molecule has 1 aliphatic heterocycles. The van der Waals surface area contributed by atoms with Gasteiger partial charge >= 0.3 is 11.9 Å². The van der Waals surface area contributed by atoms with Crippen molar-refractivity contribution in [3.8, 4) is 0 Å². The first kappa shape index (κ1) is 24.4. The fraction of sp³-hybridized carbons (Fsp3) is 0.214. The number of carbonyl (C=O) groups is 2. The molecule has 0 aromatic heterocycles. The predicted molar refractivity (Wildman–Crippen MR) is 138 cm³/mol. The molecule has 0 fully saturated rings. The summed E-state index contributed by atoms with van der Waals surface area (Å²) < 4.78 is 10.2. The van der Waals surface area contributed by atoms with Gasteiger partial charge in [-0.15, -0.1) is 0 Å². The Morgan fingerprint density at radius 2 is 1.46 bits per heavy atom. The van der Waals surface area contributed by atoms with Crippen LogP contribution >= 0.6 is 11.6 Å². The third kappa shape index (κ3) is 5.66. The van der Waals surface area contributed by atoms with Crippen molar-refractivity contribution < 1.29 is 19.1 Å². The van der Waals surface area contributed by atoms with Gasteiger partial charge in [0.2, 0.25) is 0 Å². The van der Waals surface area contributed by atoms with Crippen molar-refractivity contribution in [2.45, 2.75) is 19.9 Å². The standard InChI is InChI=1S/C28H27ClN2O4/c1-3-34-27(32)19-9-13-21(14-10-19)30-22-17-26(24-7-5-6-8-25(24)29)31(18-22)23-15-11-20(12-16-23)28(33)35-4-2/h5-17,26,30H,3-4,18H2,1-2H3. The van der Waals surface area contributed by atoms with Crippen molar-refractivity contribution in [2.75, 3.05) is 30.0 Å². The van der Waals surface area contributed by atoms with E-state index in [1.54, 1.807) is 38.1 Å². The number of nitrogens with zero attached hydrogens (tertiary/aromatic N) is 1. The third-order valence-electron chi connectivity index (χ3n) is 5.67. The first-order valence-corrected chi connectivity index (χ1v) is 11.9. The van der Waals surface area contributed by atoms with E-state index in [0.717, 1.165) is 22.6 Å². The topological polar surface area (TPSA) is 67.9 Å². The van der Waals surface area contributed by atoms with E-state index >= 15 is 0 Å². The highest BCUT2D eigenvalue weighted by molar-refractivity contribution is 6.31. The highest BCUT2D eigenvalue weighted by Gasteiger charge is 2.28. The van der Waals surface area contributed by atoms with Crippen LogP contribution in [0.1, 0.15) is 46.2 Å². The van der Waals surface area contributed by atoms with Gasteiger partial charge in [-0.05, 0) is 80.1 Å². The van der Waals surface area contributed by atoms with Crippen molar-refractivity contribution in [1.82, 2.24) is 0 Å². The molecule has 1 heterocycles. The van der Waals surface area contributed by atoms with Gasteiger partial charge < -0.3 is 19.7 Å². The van der Waals surface area contributed by atoms with E-state index in [1.807, 2.05) is 48.5 Å². The molecule has 0 saturated carbocycles. The lowest BCUT2D eigenvalue weighted by Crippen LogP contribution is -2.25. The van der Waals surface area contributed by atoms with Crippen molar-refractivity contribution in [3.05, 3.63) is 106 Å². The van der Waals surface area contributed by atoms with E-state index in [0.29, 0.717) is 35.9 Å². The third-order valence-corrected chi connectivity index (χ3v) is 6.01. The molecule has 6 nitrogen and oxygen atoms in total. The maximum atomic E-state index is 12.1. The van der Waals surface area contributed by atoms with Gasteiger partial charge in [-0.3, -0.25) is 0 Å². The number of ether oxygens (including phenoxy) is 2. The quantitative estimate of drug-likeness (QED) is 0.376. The molecule has 0 saturated heterocycles. The number of anilines is 2. The van der Waals surface area contributed by atoms with Gasteiger partial charge in [0.1, 0.15) is 0 Å². The summed E-state index contributed by atoms with van der Waals surface area (Å²) in [6.07, 6.45) is 2.14. The second-order valence-electron chi connectivity index (χ2n) is 7.98. The van der Waals surface area contributed by atoms with Crippen molar-refractivity contribution in [1.29, 1.82) is 0 Å². The zero-order valence-corrected chi connectivity index (χ0v) is 20.4. The highest BCUT2D eigenvalue weighted by atomic mass is 35.5. The van der Waals surface area contributed by atoms with Gasteiger partial charge in [-0.25, -0.2) is 9.59 Å². The van der Waals surface area contributed by atoms with Gasteiger partial charge in [0.25, 0.3) is 0 Å². The van der Waals surface area contributed by atoms with Crippen LogP contribution in [0.2, 0.25) is 5.02 Å². The Bertz CT molecular complexity index is 1220. The normalized spacial score (nSPS) is 14.9. The number of hydrogen-bond acceptors (Lipinski definition) is 6. The Morgan fingerprint density at radius 1 is 0.886 bits per heavy atom. The molecule has 7 heteroatoms. The number of rotatable bonds is 8. The summed E-state index contributed by atoms with van der Waals surface area (Å²) in [4.78, 5) is 26.2. The van der Waals surface area contributed by atoms with Crippen molar-refractivity contribution in [2.24, 2.45) is 0 Å². The Balaban J connectivity index is 1.58. The smallest absolute Gasteiger partial charge is 0.338 e. The Labute approximate surface area is 210 Å². The number of esters is 2. The van der Waals surface area contributed by atoms with Gasteiger partial charge in [0, 0.05) is 22.1 Å². The Kier molecular flexibility index (Phi) is 7.73. The average molecular weight is 491 g/mol. The Morgan fingerprint density at radius 3 is 2.03 bits per heavy atom. The summed E-state index contributed by atoms with van der Waals surface area (Å²) in [5, 5.41) is 4.14. The molecule has 1 atom stereocenters. The summed E-state index contributed by atoms with van der Waals surface area (Å²) in [6, 6.07) is 22.3. The van der Waals surface area contributed by atoms with E-state index < -0.39 is 0 Å². The molecule has 1 aliphatic rings. The summed E-state index contributed by atoms with van der Waals surface area (Å²) in [6.45, 7) is 4.85. The molecule has 3 aromatic carbocycles. The second-order valence-corrected chi connectivity index (χ2v) is 8.38. The number of hydrogen-bond donors (Lipinski definition) is 1. The van der Waals surface area contributed by atoms with Gasteiger partial charge in [0.15, 0.2) is 0 Å². The lowest BCUT2D eigenvalue weighted by molar-refractivity contribution is 0.0517. The minimum absolute atomic E-state index is 0.0987. The number of nitrogens with one attached hydrogen (secondary N) is 1. The maximum Gasteiger partial charge on any atom is 0.338 e. The molecule has 0 aliphatic carbocycles. The van der Waals surface area contributed by atoms with Gasteiger partial charge in [0.05, 0.1) is 36.9 Å². The molecule has 1 N–H and O–H groups in total. The van der Waals surface area contributed by atoms with Crippen LogP contribution in [0.4, 0.5) is 11.4 Å². The average Bonchev–Trinajstić information content (AvgIpc) is 3.28. The van der Waals surface area contributed by atoms with Crippen LogP contribution in [-0.2, 0) is 9.47 Å². The molecule has 180 valence electrons. The van der Waals surface area contributed by atoms with Gasteiger partial charge in [-0.2, -0.15) is 0 Å². The monoisotopic (exact) mass is 490 g/mol. The van der Waals surface area contributed by atoms with Crippen LogP contribution in [0.25, 0.3) is 0 Å². The first-order chi connectivity index (χ1) is 17.0. The molecule has 0 radical (unpaired) electrons. The number of halogens is 1. The number of carbonyl (C=O) groups excluding carboxylic acids is 2. The van der Waals surface area contributed by atoms with E-state index in [2.05, 4.69) is 16.3 Å². The molecule has 4 rings (SSSR count). The maximum absolute atomic E-state index is 12.1. The van der Waals surface area contributed by atoms with Crippen molar-refractivity contribution in [3.63, 3.8) is 0 Å². The van der Waals surface area contributed by atoms with E-state index in [9.17, 15) is 9.59 Å². The number of benzene rings is 3. The zero-order valence-electron chi connectivity index (χ0n) is 19.7. The summed E-state index contributed by atoms with van der Waals surface area (Å²) in [5.74, 6) is -0.676. The van der Waals surface area contributed by atoms with Gasteiger partial charge in [-0.1, -0.05) is 29.8 Å². The Hall–Kier alpha value is -3.77. The zero-order chi connectivity index (χ0) is 24.8. The molecule has 3 aromatic rings. The van der Waals surface area contributed by atoms with E-state index in [1.165, 1.54) is 0 Å². The van der Waals surface area contributed by atoms with Crippen LogP contribution in [0.5, 0.6) is 0 Å². The van der Waals surface area contributed by atoms with Crippen LogP contribution in [0.15, 0.2) is 84.6 Å². The first-order valence-electron chi connectivity index (χ1n) is 11.5. The van der Waals surface area contributed by atoms with Crippen LogP contribution < -0.4 is 10.2 Å². The van der Waals surface area contributed by atoms with Crippen LogP contribution in [0, 0.1) is 0 Å². The van der Waals surface area contributed by atoms with Crippen molar-refractivity contribution >= 4 is 34.9 Å². The SMILES string of the molecule is CCOC(=O)c1ccc(NC2=CC(c3ccccc3Cl)N(c3ccc(C(=O)OCC)cc3)C2)cc1. The molecule has 0 amide bonds. The lowest BCUT2D eigenvalue weighted by atomic mass is 10.1. The lowest BCUT2D eigenvalue weighted by Gasteiger charge is -2.28. The van der Waals surface area contributed by atoms with Crippen LogP contribution in [-0.4, -0.2) is 31.7 Å². The summed E-state index contributed by atoms with van der Waals surface area (Å²) >= 11 is 6.56. The van der Waals surface area contributed by atoms with Crippen LogP contribution in [0.3, 0.4) is 0 Å². The van der Waals surface area contributed by atoms with E-state index in [4.69, 9.17) is 21.1 Å². The minimum atomic E-state index is -0.338. The molecule has 35 heavy (non-hydrogen) atoms. The minimum Gasteiger partial charge on any atom is -0.462 e. The summed E-state index contributed by atoms with van der Waals surface area (Å²) in [5.41, 5.74) is 4.81. The molecule has 0 spiro atoms. The molecule has 0 bridgehead atoms. The van der Waals surface area contributed by atoms with E-state index in [-0.39, 0.29) is 18.0 Å². The molecular formula is C28H27ClN2O4. The fourth-order valence-corrected chi connectivity index (χ4v) is 4.26. The fourth-order valence-electron chi connectivity index (χ4n) is 4.01. The summed E-state index contributed by atoms with van der Waals surface area (Å²) in [7, 11) is 0. The largest absolute Gasteiger partial charge is 0.462 e. The predicted octanol–water partition coefficient (Wildman–Crippen LogP) is 6.25. The second kappa shape index (κ2) is 11.1. The molecule has 1 unspecified atom stereocenters. The molecular weight excluding hydrogens is 464 g/mol.